The molecule has 9 heteroatoms. The van der Waals surface area contributed by atoms with Crippen LogP contribution in [0.4, 0.5) is 5.69 Å². The Hall–Kier alpha value is -1.55. The summed E-state index contributed by atoms with van der Waals surface area (Å²) in [5, 5.41) is 22.5. The van der Waals surface area contributed by atoms with Gasteiger partial charge in [-0.3, -0.25) is 10.1 Å². The van der Waals surface area contributed by atoms with Crippen LogP contribution in [-0.4, -0.2) is 44.2 Å². The van der Waals surface area contributed by atoms with Crippen molar-refractivity contribution in [2.24, 2.45) is 0 Å². The van der Waals surface area contributed by atoms with Gasteiger partial charge < -0.3 is 10.4 Å². The van der Waals surface area contributed by atoms with E-state index >= 15 is 0 Å². The van der Waals surface area contributed by atoms with Gasteiger partial charge in [0.05, 0.1) is 4.92 Å². The van der Waals surface area contributed by atoms with Crippen LogP contribution >= 0.6 is 0 Å². The molecule has 0 amide bonds. The molecule has 1 aromatic rings. The Morgan fingerprint density at radius 2 is 2.05 bits per heavy atom. The number of para-hydroxylation sites is 1. The molecule has 0 aromatic heterocycles. The molecule has 0 radical (unpaired) electrons. The molecule has 1 rings (SSSR count). The van der Waals surface area contributed by atoms with Gasteiger partial charge in [0.2, 0.25) is 10.0 Å². The van der Waals surface area contributed by atoms with E-state index in [1.165, 1.54) is 18.2 Å². The third kappa shape index (κ3) is 5.38. The number of nitro groups is 1. The Morgan fingerprint density at radius 3 is 2.67 bits per heavy atom. The van der Waals surface area contributed by atoms with Gasteiger partial charge in [-0.05, 0) is 26.0 Å². The van der Waals surface area contributed by atoms with Crippen LogP contribution in [0.2, 0.25) is 0 Å². The van der Waals surface area contributed by atoms with E-state index < -0.39 is 26.7 Å². The highest BCUT2D eigenvalue weighted by Crippen LogP contribution is 2.22. The number of sulfonamides is 1. The first-order valence-electron chi connectivity index (χ1n) is 6.46. The zero-order chi connectivity index (χ0) is 15.9. The van der Waals surface area contributed by atoms with Crippen LogP contribution in [0.15, 0.2) is 29.2 Å². The molecule has 0 spiro atoms. The second kappa shape index (κ2) is 8.03. The number of nitrogens with zero attached hydrogens (tertiary/aromatic N) is 1. The van der Waals surface area contributed by atoms with Gasteiger partial charge in [0.25, 0.3) is 5.69 Å². The third-order valence-corrected chi connectivity index (χ3v) is 4.31. The lowest BCUT2D eigenvalue weighted by Crippen LogP contribution is -2.40. The van der Waals surface area contributed by atoms with Crippen LogP contribution in [-0.2, 0) is 10.0 Å². The van der Waals surface area contributed by atoms with E-state index in [-0.39, 0.29) is 11.5 Å². The molecular formula is C12H19N3O5S. The van der Waals surface area contributed by atoms with Crippen molar-refractivity contribution in [1.82, 2.24) is 10.0 Å². The van der Waals surface area contributed by atoms with Crippen molar-refractivity contribution < 1.29 is 18.4 Å². The maximum atomic E-state index is 12.2. The zero-order valence-electron chi connectivity index (χ0n) is 11.7. The summed E-state index contributed by atoms with van der Waals surface area (Å²) < 4.78 is 26.7. The maximum absolute atomic E-state index is 12.2. The van der Waals surface area contributed by atoms with Crippen molar-refractivity contribution in [3.8, 4) is 0 Å². The molecule has 0 aliphatic carbocycles. The topological polar surface area (TPSA) is 122 Å². The lowest BCUT2D eigenvalue weighted by Gasteiger charge is -2.15. The molecule has 0 aliphatic rings. The lowest BCUT2D eigenvalue weighted by atomic mass is 10.3. The Labute approximate surface area is 123 Å². The molecule has 1 aromatic carbocycles. The van der Waals surface area contributed by atoms with E-state index in [4.69, 9.17) is 5.11 Å². The number of hydrogen-bond donors (Lipinski definition) is 3. The number of nitrogens with one attached hydrogen (secondary N) is 2. The number of nitro benzene ring substituents is 1. The molecule has 8 nitrogen and oxygen atoms in total. The van der Waals surface area contributed by atoms with Crippen LogP contribution in [0.1, 0.15) is 13.3 Å². The molecule has 118 valence electrons. The Bertz CT molecular complexity index is 576. The normalized spacial score (nSPS) is 13.0. The summed E-state index contributed by atoms with van der Waals surface area (Å²) in [6.07, 6.45) is 0.573. The number of hydrogen-bond acceptors (Lipinski definition) is 6. The molecular weight excluding hydrogens is 298 g/mol. The van der Waals surface area contributed by atoms with Gasteiger partial charge in [-0.25, -0.2) is 13.1 Å². The molecule has 0 heterocycles. The van der Waals surface area contributed by atoms with Gasteiger partial charge in [0.15, 0.2) is 4.90 Å². The van der Waals surface area contributed by atoms with E-state index in [2.05, 4.69) is 10.0 Å². The van der Waals surface area contributed by atoms with E-state index in [0.29, 0.717) is 19.5 Å². The van der Waals surface area contributed by atoms with Crippen molar-refractivity contribution >= 4 is 15.7 Å². The van der Waals surface area contributed by atoms with Crippen molar-refractivity contribution in [2.45, 2.75) is 24.3 Å². The molecule has 1 unspecified atom stereocenters. The maximum Gasteiger partial charge on any atom is 0.289 e. The molecule has 3 N–H and O–H groups in total. The fourth-order valence-electron chi connectivity index (χ4n) is 1.73. The highest BCUT2D eigenvalue weighted by molar-refractivity contribution is 7.89. The van der Waals surface area contributed by atoms with Crippen molar-refractivity contribution in [2.75, 3.05) is 19.7 Å². The quantitative estimate of drug-likeness (QED) is 0.340. The molecule has 0 bridgehead atoms. The van der Waals surface area contributed by atoms with Gasteiger partial charge in [-0.2, -0.15) is 0 Å². The van der Waals surface area contributed by atoms with Crippen molar-refractivity contribution in [1.29, 1.82) is 0 Å². The highest BCUT2D eigenvalue weighted by atomic mass is 32.2. The summed E-state index contributed by atoms with van der Waals surface area (Å²) >= 11 is 0. The standard InChI is InChI=1S/C12H19N3O5S/c1-10(9-13-7-4-8-16)14-21(19,20)12-6-3-2-5-11(12)15(17)18/h2-3,5-6,10,13-14,16H,4,7-9H2,1H3. The van der Waals surface area contributed by atoms with E-state index in [1.807, 2.05) is 0 Å². The molecule has 0 saturated heterocycles. The average molecular weight is 317 g/mol. The van der Waals surface area contributed by atoms with Crippen molar-refractivity contribution in [3.05, 3.63) is 34.4 Å². The number of aliphatic hydroxyl groups is 1. The van der Waals surface area contributed by atoms with Gasteiger partial charge in [-0.15, -0.1) is 0 Å². The Kier molecular flexibility index (Phi) is 6.69. The fraction of sp³-hybridized carbons (Fsp3) is 0.500. The summed E-state index contributed by atoms with van der Waals surface area (Å²) in [5.41, 5.74) is -0.453. The number of rotatable bonds is 9. The number of benzene rings is 1. The van der Waals surface area contributed by atoms with Crippen LogP contribution in [0.5, 0.6) is 0 Å². The zero-order valence-corrected chi connectivity index (χ0v) is 12.5. The minimum Gasteiger partial charge on any atom is -0.396 e. The molecule has 21 heavy (non-hydrogen) atoms. The van der Waals surface area contributed by atoms with Crippen LogP contribution in [0.3, 0.4) is 0 Å². The third-order valence-electron chi connectivity index (χ3n) is 2.67. The summed E-state index contributed by atoms with van der Waals surface area (Å²) in [7, 11) is -3.96. The summed E-state index contributed by atoms with van der Waals surface area (Å²) in [4.78, 5) is 9.80. The second-order valence-electron chi connectivity index (χ2n) is 4.53. The van der Waals surface area contributed by atoms with Crippen LogP contribution in [0.25, 0.3) is 0 Å². The van der Waals surface area contributed by atoms with Gasteiger partial charge >= 0.3 is 0 Å². The molecule has 0 fully saturated rings. The minimum absolute atomic E-state index is 0.0588. The van der Waals surface area contributed by atoms with E-state index in [9.17, 15) is 18.5 Å². The predicted octanol–water partition coefficient (Wildman–Crippen LogP) is 0.234. The van der Waals surface area contributed by atoms with Crippen molar-refractivity contribution in [3.63, 3.8) is 0 Å². The van der Waals surface area contributed by atoms with Gasteiger partial charge in [0, 0.05) is 25.3 Å². The summed E-state index contributed by atoms with van der Waals surface area (Å²) in [5.74, 6) is 0. The predicted molar refractivity (Wildman–Crippen MR) is 77.5 cm³/mol. The first-order valence-corrected chi connectivity index (χ1v) is 7.94. The largest absolute Gasteiger partial charge is 0.396 e. The first-order chi connectivity index (χ1) is 9.88. The van der Waals surface area contributed by atoms with E-state index in [1.54, 1.807) is 6.92 Å². The molecule has 1 atom stereocenters. The number of aliphatic hydroxyl groups excluding tert-OH is 1. The first kappa shape index (κ1) is 17.5. The fourth-order valence-corrected chi connectivity index (χ4v) is 3.14. The van der Waals surface area contributed by atoms with Crippen LogP contribution in [0, 0.1) is 10.1 Å². The highest BCUT2D eigenvalue weighted by Gasteiger charge is 2.26. The van der Waals surface area contributed by atoms with E-state index in [0.717, 1.165) is 6.07 Å². The van der Waals surface area contributed by atoms with Gasteiger partial charge in [0.1, 0.15) is 0 Å². The van der Waals surface area contributed by atoms with Crippen LogP contribution < -0.4 is 10.0 Å². The minimum atomic E-state index is -3.96. The summed E-state index contributed by atoms with van der Waals surface area (Å²) in [6.45, 7) is 2.63. The second-order valence-corrected chi connectivity index (χ2v) is 6.21. The monoisotopic (exact) mass is 317 g/mol. The SMILES string of the molecule is CC(CNCCCO)NS(=O)(=O)c1ccccc1[N+](=O)[O-]. The summed E-state index contributed by atoms with van der Waals surface area (Å²) in [6, 6.07) is 4.77. The molecule has 0 saturated carbocycles. The average Bonchev–Trinajstić information content (AvgIpc) is 2.43. The smallest absolute Gasteiger partial charge is 0.289 e. The van der Waals surface area contributed by atoms with Gasteiger partial charge in [-0.1, -0.05) is 12.1 Å². The molecule has 0 aliphatic heterocycles. The Morgan fingerprint density at radius 1 is 1.38 bits per heavy atom. The lowest BCUT2D eigenvalue weighted by molar-refractivity contribution is -0.387. The Balaban J connectivity index is 2.76.